The van der Waals surface area contributed by atoms with Crippen molar-refractivity contribution < 1.29 is 5.11 Å². The number of aliphatic hydroxyl groups is 1. The van der Waals surface area contributed by atoms with Crippen LogP contribution in [-0.2, 0) is 6.61 Å². The molecule has 1 aliphatic heterocycles. The van der Waals surface area contributed by atoms with Crippen molar-refractivity contribution in [2.24, 2.45) is 0 Å². The minimum Gasteiger partial charge on any atom is -0.392 e. The zero-order valence-corrected chi connectivity index (χ0v) is 9.33. The van der Waals surface area contributed by atoms with Gasteiger partial charge in [-0.1, -0.05) is 6.07 Å². The van der Waals surface area contributed by atoms with Crippen molar-refractivity contribution >= 4 is 11.4 Å². The Hall–Kier alpha value is -1.22. The summed E-state index contributed by atoms with van der Waals surface area (Å²) in [6.45, 7) is 6.53. The molecule has 2 rings (SSSR count). The number of fused-ring (bicyclic) bond motifs is 1. The minimum atomic E-state index is 0.108. The van der Waals surface area contributed by atoms with E-state index in [0.29, 0.717) is 6.04 Å². The molecule has 0 atom stereocenters. The topological polar surface area (TPSA) is 35.5 Å². The lowest BCUT2D eigenvalue weighted by Gasteiger charge is -2.35. The fraction of sp³-hybridized carbons (Fsp3) is 0.500. The average Bonchev–Trinajstić information content (AvgIpc) is 2.27. The lowest BCUT2D eigenvalue weighted by atomic mass is 10.1. The van der Waals surface area contributed by atoms with Crippen molar-refractivity contribution in [3.05, 3.63) is 23.8 Å². The highest BCUT2D eigenvalue weighted by Crippen LogP contribution is 2.31. The minimum absolute atomic E-state index is 0.108. The van der Waals surface area contributed by atoms with Gasteiger partial charge in [0.15, 0.2) is 0 Å². The van der Waals surface area contributed by atoms with Crippen LogP contribution >= 0.6 is 0 Å². The Balaban J connectivity index is 2.36. The third-order valence-corrected chi connectivity index (χ3v) is 2.84. The standard InChI is InChI=1S/C12H18N2O/c1-9(2)14-6-5-13-11-7-10(8-15)3-4-12(11)14/h3-4,7,9,13,15H,5-6,8H2,1-2H3. The number of nitrogens with one attached hydrogen (secondary N) is 1. The van der Waals surface area contributed by atoms with Crippen LogP contribution in [0.2, 0.25) is 0 Å². The summed E-state index contributed by atoms with van der Waals surface area (Å²) in [5, 5.41) is 12.4. The quantitative estimate of drug-likeness (QED) is 0.774. The number of rotatable bonds is 2. The van der Waals surface area contributed by atoms with Crippen LogP contribution in [0.3, 0.4) is 0 Å². The van der Waals surface area contributed by atoms with Crippen LogP contribution < -0.4 is 10.2 Å². The Bertz CT molecular complexity index is 349. The maximum atomic E-state index is 9.07. The molecule has 2 N–H and O–H groups in total. The smallest absolute Gasteiger partial charge is 0.0682 e. The van der Waals surface area contributed by atoms with E-state index in [1.807, 2.05) is 12.1 Å². The number of hydrogen-bond acceptors (Lipinski definition) is 3. The number of benzene rings is 1. The first kappa shape index (κ1) is 10.3. The molecule has 0 radical (unpaired) electrons. The molecule has 1 aliphatic rings. The molecule has 0 saturated carbocycles. The van der Waals surface area contributed by atoms with Gasteiger partial charge >= 0.3 is 0 Å². The van der Waals surface area contributed by atoms with Crippen LogP contribution in [0.1, 0.15) is 19.4 Å². The summed E-state index contributed by atoms with van der Waals surface area (Å²) in [6.07, 6.45) is 0. The molecule has 3 nitrogen and oxygen atoms in total. The van der Waals surface area contributed by atoms with Crippen LogP contribution in [0.5, 0.6) is 0 Å². The zero-order valence-electron chi connectivity index (χ0n) is 9.33. The Morgan fingerprint density at radius 3 is 2.93 bits per heavy atom. The predicted molar refractivity (Wildman–Crippen MR) is 63.3 cm³/mol. The van der Waals surface area contributed by atoms with E-state index < -0.39 is 0 Å². The number of anilines is 2. The zero-order chi connectivity index (χ0) is 10.8. The Labute approximate surface area is 90.7 Å². The monoisotopic (exact) mass is 206 g/mol. The molecule has 82 valence electrons. The maximum absolute atomic E-state index is 9.07. The van der Waals surface area contributed by atoms with E-state index in [2.05, 4.69) is 30.1 Å². The van der Waals surface area contributed by atoms with E-state index in [1.165, 1.54) is 5.69 Å². The van der Waals surface area contributed by atoms with Gasteiger partial charge in [-0.2, -0.15) is 0 Å². The van der Waals surface area contributed by atoms with Crippen molar-refractivity contribution in [2.75, 3.05) is 23.3 Å². The van der Waals surface area contributed by atoms with Gasteiger partial charge in [0.05, 0.1) is 18.0 Å². The second-order valence-corrected chi connectivity index (χ2v) is 4.22. The molecule has 0 amide bonds. The first-order valence-corrected chi connectivity index (χ1v) is 5.46. The highest BCUT2D eigenvalue weighted by molar-refractivity contribution is 5.73. The molecular formula is C12H18N2O. The first-order valence-electron chi connectivity index (χ1n) is 5.46. The maximum Gasteiger partial charge on any atom is 0.0682 e. The Morgan fingerprint density at radius 2 is 2.27 bits per heavy atom. The second-order valence-electron chi connectivity index (χ2n) is 4.22. The summed E-state index contributed by atoms with van der Waals surface area (Å²) in [4.78, 5) is 2.38. The molecule has 0 fully saturated rings. The van der Waals surface area contributed by atoms with E-state index in [0.717, 1.165) is 24.3 Å². The van der Waals surface area contributed by atoms with E-state index >= 15 is 0 Å². The van der Waals surface area contributed by atoms with Gasteiger partial charge in [0.25, 0.3) is 0 Å². The van der Waals surface area contributed by atoms with Crippen molar-refractivity contribution in [1.29, 1.82) is 0 Å². The van der Waals surface area contributed by atoms with Gasteiger partial charge in [0.1, 0.15) is 0 Å². The molecule has 0 saturated heterocycles. The lowest BCUT2D eigenvalue weighted by molar-refractivity contribution is 0.282. The van der Waals surface area contributed by atoms with Gasteiger partial charge in [0.2, 0.25) is 0 Å². The van der Waals surface area contributed by atoms with Crippen molar-refractivity contribution in [3.63, 3.8) is 0 Å². The molecule has 0 aliphatic carbocycles. The van der Waals surface area contributed by atoms with Crippen molar-refractivity contribution in [2.45, 2.75) is 26.5 Å². The van der Waals surface area contributed by atoms with Crippen LogP contribution in [0.25, 0.3) is 0 Å². The van der Waals surface area contributed by atoms with Crippen molar-refractivity contribution in [3.8, 4) is 0 Å². The summed E-state index contributed by atoms with van der Waals surface area (Å²) in [7, 11) is 0. The lowest BCUT2D eigenvalue weighted by Crippen LogP contribution is -2.38. The van der Waals surface area contributed by atoms with E-state index in [9.17, 15) is 0 Å². The summed E-state index contributed by atoms with van der Waals surface area (Å²) >= 11 is 0. The highest BCUT2D eigenvalue weighted by atomic mass is 16.3. The van der Waals surface area contributed by atoms with Crippen molar-refractivity contribution in [1.82, 2.24) is 0 Å². The summed E-state index contributed by atoms with van der Waals surface area (Å²) in [5.74, 6) is 0. The third kappa shape index (κ3) is 1.92. The molecule has 1 aromatic rings. The first-order chi connectivity index (χ1) is 7.22. The van der Waals surface area contributed by atoms with Gasteiger partial charge in [-0.05, 0) is 31.5 Å². The molecule has 0 spiro atoms. The van der Waals surface area contributed by atoms with E-state index in [4.69, 9.17) is 5.11 Å². The average molecular weight is 206 g/mol. The molecular weight excluding hydrogens is 188 g/mol. The molecule has 3 heteroatoms. The molecule has 1 heterocycles. The number of aliphatic hydroxyl groups excluding tert-OH is 1. The van der Waals surface area contributed by atoms with Crippen LogP contribution in [0, 0.1) is 0 Å². The Morgan fingerprint density at radius 1 is 1.47 bits per heavy atom. The van der Waals surface area contributed by atoms with E-state index in [1.54, 1.807) is 0 Å². The predicted octanol–water partition coefficient (Wildman–Crippen LogP) is 1.82. The van der Waals surface area contributed by atoms with Gasteiger partial charge in [-0.15, -0.1) is 0 Å². The summed E-state index contributed by atoms with van der Waals surface area (Å²) in [5.41, 5.74) is 3.35. The van der Waals surface area contributed by atoms with Gasteiger partial charge in [-0.25, -0.2) is 0 Å². The molecule has 1 aromatic carbocycles. The van der Waals surface area contributed by atoms with Gasteiger partial charge < -0.3 is 15.3 Å². The largest absolute Gasteiger partial charge is 0.392 e. The van der Waals surface area contributed by atoms with Gasteiger partial charge in [-0.3, -0.25) is 0 Å². The summed E-state index contributed by atoms with van der Waals surface area (Å²) in [6, 6.07) is 6.63. The fourth-order valence-electron chi connectivity index (χ4n) is 2.04. The highest BCUT2D eigenvalue weighted by Gasteiger charge is 2.18. The fourth-order valence-corrected chi connectivity index (χ4v) is 2.04. The second kappa shape index (κ2) is 4.11. The Kier molecular flexibility index (Phi) is 2.82. The number of hydrogen-bond donors (Lipinski definition) is 2. The molecule has 15 heavy (non-hydrogen) atoms. The third-order valence-electron chi connectivity index (χ3n) is 2.84. The van der Waals surface area contributed by atoms with Crippen LogP contribution in [0.15, 0.2) is 18.2 Å². The normalized spacial score (nSPS) is 15.1. The number of nitrogens with zero attached hydrogens (tertiary/aromatic N) is 1. The van der Waals surface area contributed by atoms with Gasteiger partial charge in [0, 0.05) is 19.1 Å². The van der Waals surface area contributed by atoms with Crippen LogP contribution in [0.4, 0.5) is 11.4 Å². The summed E-state index contributed by atoms with van der Waals surface area (Å²) < 4.78 is 0. The molecule has 0 aromatic heterocycles. The SMILES string of the molecule is CC(C)N1CCNc2cc(CO)ccc21. The van der Waals surface area contributed by atoms with Crippen LogP contribution in [-0.4, -0.2) is 24.2 Å². The van der Waals surface area contributed by atoms with E-state index in [-0.39, 0.29) is 6.61 Å². The molecule has 0 bridgehead atoms. The molecule has 0 unspecified atom stereocenters.